The molecular formula is C24H27NO2. The monoisotopic (exact) mass is 361 g/mol. The number of aromatic hydroxyl groups is 1. The Kier molecular flexibility index (Phi) is 3.74. The minimum atomic E-state index is 0.0563. The first-order chi connectivity index (χ1) is 13.0. The largest absolute Gasteiger partial charge is 0.508 e. The molecule has 3 heteroatoms. The molecule has 1 saturated carbocycles. The SMILES string of the molecule is CC(=O)C1CC2C3Cc4ccc(O)cc4[C@]2(C)CC1N3Cc1ccccc1. The summed E-state index contributed by atoms with van der Waals surface area (Å²) in [6.07, 6.45) is 3.01. The molecule has 2 saturated heterocycles. The van der Waals surface area contributed by atoms with Crippen LogP contribution in [-0.4, -0.2) is 27.9 Å². The molecule has 4 bridgehead atoms. The lowest BCUT2D eigenvalue weighted by atomic mass is 9.49. The Bertz CT molecular complexity index is 893. The van der Waals surface area contributed by atoms with Crippen LogP contribution >= 0.6 is 0 Å². The Morgan fingerprint density at radius 3 is 2.70 bits per heavy atom. The first-order valence-corrected chi connectivity index (χ1v) is 10.1. The summed E-state index contributed by atoms with van der Waals surface area (Å²) in [6, 6.07) is 17.3. The number of hydrogen-bond donors (Lipinski definition) is 1. The van der Waals surface area contributed by atoms with Crippen LogP contribution in [0.1, 0.15) is 43.4 Å². The van der Waals surface area contributed by atoms with Gasteiger partial charge in [0.15, 0.2) is 0 Å². The zero-order valence-corrected chi connectivity index (χ0v) is 16.1. The number of ketones is 1. The summed E-state index contributed by atoms with van der Waals surface area (Å²) < 4.78 is 0. The maximum absolute atomic E-state index is 12.4. The number of hydrogen-bond acceptors (Lipinski definition) is 3. The van der Waals surface area contributed by atoms with E-state index in [2.05, 4.69) is 48.2 Å². The Hall–Kier alpha value is -2.13. The van der Waals surface area contributed by atoms with Crippen LogP contribution in [0.2, 0.25) is 0 Å². The molecule has 0 aromatic heterocycles. The molecule has 3 nitrogen and oxygen atoms in total. The normalized spacial score (nSPS) is 34.3. The number of fused-ring (bicyclic) bond motifs is 2. The van der Waals surface area contributed by atoms with Gasteiger partial charge >= 0.3 is 0 Å². The summed E-state index contributed by atoms with van der Waals surface area (Å²) in [5.74, 6) is 1.30. The van der Waals surface area contributed by atoms with Crippen molar-refractivity contribution in [1.29, 1.82) is 0 Å². The number of carbonyl (C=O) groups is 1. The Morgan fingerprint density at radius 1 is 1.19 bits per heavy atom. The standard InChI is InChI=1S/C24H27NO2/c1-15(26)19-12-21-22-10-17-8-9-18(27)11-20(17)24(21,2)13-23(19)25(22)14-16-6-4-3-5-7-16/h3-9,11,19,21-23,27H,10,12-14H2,1-2H3/t19?,21?,22?,23?,24-/m0/s1. The molecule has 2 aliphatic carbocycles. The van der Waals surface area contributed by atoms with E-state index >= 15 is 0 Å². The van der Waals surface area contributed by atoms with Gasteiger partial charge in [0, 0.05) is 24.5 Å². The molecule has 2 aromatic carbocycles. The highest BCUT2D eigenvalue weighted by Crippen LogP contribution is 2.58. The molecule has 1 N–H and O–H groups in total. The summed E-state index contributed by atoms with van der Waals surface area (Å²) >= 11 is 0. The second-order valence-electron chi connectivity index (χ2n) is 9.02. The van der Waals surface area contributed by atoms with Crippen LogP contribution < -0.4 is 0 Å². The second kappa shape index (κ2) is 5.93. The highest BCUT2D eigenvalue weighted by atomic mass is 16.3. The van der Waals surface area contributed by atoms with Crippen LogP contribution in [0.4, 0.5) is 0 Å². The lowest BCUT2D eigenvalue weighted by Gasteiger charge is -2.64. The molecular weight excluding hydrogens is 334 g/mol. The zero-order chi connectivity index (χ0) is 18.8. The van der Waals surface area contributed by atoms with Gasteiger partial charge in [-0.2, -0.15) is 0 Å². The fraction of sp³-hybridized carbons (Fsp3) is 0.458. The average Bonchev–Trinajstić information content (AvgIpc) is 2.65. The van der Waals surface area contributed by atoms with Crippen LogP contribution in [0.5, 0.6) is 5.75 Å². The molecule has 2 aromatic rings. The van der Waals surface area contributed by atoms with Gasteiger partial charge in [-0.25, -0.2) is 0 Å². The highest BCUT2D eigenvalue weighted by molar-refractivity contribution is 5.79. The number of carbonyl (C=O) groups excluding carboxylic acids is 1. The third kappa shape index (κ3) is 2.48. The van der Waals surface area contributed by atoms with E-state index in [1.165, 1.54) is 16.7 Å². The van der Waals surface area contributed by atoms with Crippen molar-refractivity contribution in [2.24, 2.45) is 11.8 Å². The van der Waals surface area contributed by atoms with Crippen molar-refractivity contribution in [2.45, 2.75) is 57.2 Å². The number of Topliss-reactive ketones (excluding diaryl/α,β-unsaturated/α-hetero) is 1. The predicted molar refractivity (Wildman–Crippen MR) is 106 cm³/mol. The van der Waals surface area contributed by atoms with E-state index in [0.29, 0.717) is 29.5 Å². The van der Waals surface area contributed by atoms with Gasteiger partial charge in [-0.3, -0.25) is 9.69 Å². The zero-order valence-electron chi connectivity index (χ0n) is 16.1. The molecule has 0 spiro atoms. The van der Waals surface area contributed by atoms with Crippen LogP contribution in [0.15, 0.2) is 48.5 Å². The van der Waals surface area contributed by atoms with Crippen molar-refractivity contribution in [2.75, 3.05) is 0 Å². The molecule has 140 valence electrons. The maximum Gasteiger partial charge on any atom is 0.134 e. The quantitative estimate of drug-likeness (QED) is 0.896. The van der Waals surface area contributed by atoms with E-state index in [-0.39, 0.29) is 11.3 Å². The molecule has 2 heterocycles. The van der Waals surface area contributed by atoms with Gasteiger partial charge in [0.25, 0.3) is 0 Å². The number of benzene rings is 2. The summed E-state index contributed by atoms with van der Waals surface area (Å²) in [5, 5.41) is 10.1. The van der Waals surface area contributed by atoms with Gasteiger partial charge < -0.3 is 5.11 Å². The molecule has 2 aliphatic heterocycles. The van der Waals surface area contributed by atoms with E-state index in [0.717, 1.165) is 25.8 Å². The Balaban J connectivity index is 1.59. The number of phenolic OH excluding ortho intramolecular Hbond substituents is 1. The van der Waals surface area contributed by atoms with Crippen molar-refractivity contribution < 1.29 is 9.90 Å². The summed E-state index contributed by atoms with van der Waals surface area (Å²) in [7, 11) is 0. The first-order valence-electron chi connectivity index (χ1n) is 10.1. The van der Waals surface area contributed by atoms with Crippen molar-refractivity contribution in [3.05, 3.63) is 65.2 Å². The van der Waals surface area contributed by atoms with E-state index in [1.807, 2.05) is 12.1 Å². The Morgan fingerprint density at radius 2 is 1.96 bits per heavy atom. The van der Waals surface area contributed by atoms with Crippen LogP contribution in [0.3, 0.4) is 0 Å². The maximum atomic E-state index is 12.4. The lowest BCUT2D eigenvalue weighted by molar-refractivity contribution is -0.142. The number of rotatable bonds is 3. The molecule has 6 rings (SSSR count). The van der Waals surface area contributed by atoms with Crippen LogP contribution in [0, 0.1) is 11.8 Å². The van der Waals surface area contributed by atoms with Gasteiger partial charge in [-0.05, 0) is 66.3 Å². The molecule has 3 fully saturated rings. The van der Waals surface area contributed by atoms with Gasteiger partial charge in [0.05, 0.1) is 0 Å². The van der Waals surface area contributed by atoms with Crippen molar-refractivity contribution >= 4 is 5.78 Å². The lowest BCUT2D eigenvalue weighted by Crippen LogP contribution is -2.69. The Labute approximate surface area is 161 Å². The van der Waals surface area contributed by atoms with E-state index in [9.17, 15) is 9.90 Å². The summed E-state index contributed by atoms with van der Waals surface area (Å²) in [6.45, 7) is 5.05. The van der Waals surface area contributed by atoms with Gasteiger partial charge in [-0.15, -0.1) is 0 Å². The molecule has 0 radical (unpaired) electrons. The fourth-order valence-corrected chi connectivity index (χ4v) is 6.36. The molecule has 27 heavy (non-hydrogen) atoms. The van der Waals surface area contributed by atoms with E-state index in [1.54, 1.807) is 6.92 Å². The van der Waals surface area contributed by atoms with E-state index < -0.39 is 0 Å². The third-order valence-electron chi connectivity index (χ3n) is 7.61. The summed E-state index contributed by atoms with van der Waals surface area (Å²) in [5.41, 5.74) is 4.07. The number of nitrogens with zero attached hydrogens (tertiary/aromatic N) is 1. The minimum Gasteiger partial charge on any atom is -0.508 e. The molecule has 5 atom stereocenters. The average molecular weight is 361 g/mol. The fourth-order valence-electron chi connectivity index (χ4n) is 6.36. The second-order valence-corrected chi connectivity index (χ2v) is 9.02. The van der Waals surface area contributed by atoms with Gasteiger partial charge in [0.1, 0.15) is 11.5 Å². The van der Waals surface area contributed by atoms with Gasteiger partial charge in [0.2, 0.25) is 0 Å². The highest BCUT2D eigenvalue weighted by Gasteiger charge is 2.60. The van der Waals surface area contributed by atoms with Crippen molar-refractivity contribution in [3.63, 3.8) is 0 Å². The van der Waals surface area contributed by atoms with Crippen molar-refractivity contribution in [3.8, 4) is 5.75 Å². The molecule has 0 amide bonds. The topological polar surface area (TPSA) is 40.5 Å². The van der Waals surface area contributed by atoms with Crippen LogP contribution in [0.25, 0.3) is 0 Å². The predicted octanol–water partition coefficient (Wildman–Crippen LogP) is 4.07. The smallest absolute Gasteiger partial charge is 0.134 e. The summed E-state index contributed by atoms with van der Waals surface area (Å²) in [4.78, 5) is 15.1. The third-order valence-corrected chi connectivity index (χ3v) is 7.61. The molecule has 4 aliphatic rings. The number of piperidine rings is 2. The van der Waals surface area contributed by atoms with Gasteiger partial charge in [-0.1, -0.05) is 43.3 Å². The number of phenols is 1. The molecule has 4 unspecified atom stereocenters. The van der Waals surface area contributed by atoms with E-state index in [4.69, 9.17) is 0 Å². The van der Waals surface area contributed by atoms with Crippen LogP contribution in [-0.2, 0) is 23.2 Å². The first kappa shape index (κ1) is 17.0. The van der Waals surface area contributed by atoms with Crippen molar-refractivity contribution in [1.82, 2.24) is 4.90 Å². The minimum absolute atomic E-state index is 0.0563.